The maximum absolute atomic E-state index is 12.7. The molecule has 0 saturated carbocycles. The van der Waals surface area contributed by atoms with Gasteiger partial charge >= 0.3 is 0 Å². The fourth-order valence-electron chi connectivity index (χ4n) is 1.21. The van der Waals surface area contributed by atoms with Crippen molar-refractivity contribution in [2.45, 2.75) is 19.3 Å². The highest BCUT2D eigenvalue weighted by atomic mass is 19.1. The van der Waals surface area contributed by atoms with Crippen molar-refractivity contribution in [1.29, 1.82) is 0 Å². The zero-order chi connectivity index (χ0) is 9.90. The molecule has 13 heavy (non-hydrogen) atoms. The van der Waals surface area contributed by atoms with E-state index in [2.05, 4.69) is 0 Å². The number of benzene rings is 1. The van der Waals surface area contributed by atoms with Gasteiger partial charge in [-0.05, 0) is 12.5 Å². The average molecular weight is 181 g/mol. The molecule has 1 aromatic carbocycles. The van der Waals surface area contributed by atoms with E-state index in [1.54, 1.807) is 0 Å². The number of alkyl halides is 1. The molecule has 0 aromatic heterocycles. The number of halogens is 1. The van der Waals surface area contributed by atoms with Crippen LogP contribution in [-0.2, 0) is 5.41 Å². The smallest absolute Gasteiger partial charge is 0.1000 e. The first kappa shape index (κ1) is 10.2. The molecule has 1 aromatic rings. The Kier molecular flexibility index (Phi) is 3.04. The third-order valence-electron chi connectivity index (χ3n) is 2.49. The molecule has 1 rings (SSSR count). The summed E-state index contributed by atoms with van der Waals surface area (Å²) in [5.41, 5.74) is 7.18. The minimum atomic E-state index is -0.520. The van der Waals surface area contributed by atoms with Crippen molar-refractivity contribution in [3.8, 4) is 0 Å². The largest absolute Gasteiger partial charge is 0.329 e. The van der Waals surface area contributed by atoms with Gasteiger partial charge in [0.15, 0.2) is 0 Å². The molecule has 1 nitrogen and oxygen atoms in total. The maximum Gasteiger partial charge on any atom is 0.1000 e. The van der Waals surface area contributed by atoms with Crippen molar-refractivity contribution in [2.24, 2.45) is 5.73 Å². The van der Waals surface area contributed by atoms with Crippen LogP contribution in [0.15, 0.2) is 24.3 Å². The summed E-state index contributed by atoms with van der Waals surface area (Å²) in [6, 6.07) is 7.86. The van der Waals surface area contributed by atoms with E-state index < -0.39 is 12.1 Å². The molecule has 0 aliphatic rings. The van der Waals surface area contributed by atoms with Crippen LogP contribution in [0.2, 0.25) is 0 Å². The van der Waals surface area contributed by atoms with E-state index in [1.807, 2.05) is 38.1 Å². The second-order valence-electron chi connectivity index (χ2n) is 3.76. The molecule has 1 unspecified atom stereocenters. The lowest BCUT2D eigenvalue weighted by atomic mass is 9.84. The second-order valence-corrected chi connectivity index (χ2v) is 3.76. The Morgan fingerprint density at radius 1 is 1.31 bits per heavy atom. The summed E-state index contributed by atoms with van der Waals surface area (Å²) in [4.78, 5) is 0. The number of rotatable bonds is 3. The van der Waals surface area contributed by atoms with Crippen molar-refractivity contribution in [2.75, 3.05) is 13.2 Å². The van der Waals surface area contributed by atoms with Crippen LogP contribution >= 0.6 is 0 Å². The van der Waals surface area contributed by atoms with Crippen molar-refractivity contribution >= 4 is 0 Å². The van der Waals surface area contributed by atoms with E-state index in [0.29, 0.717) is 6.54 Å². The van der Waals surface area contributed by atoms with Gasteiger partial charge in [0.05, 0.1) is 6.67 Å². The number of hydrogen-bond donors (Lipinski definition) is 1. The van der Waals surface area contributed by atoms with Gasteiger partial charge in [0.1, 0.15) is 0 Å². The highest BCUT2D eigenvalue weighted by molar-refractivity contribution is 5.28. The van der Waals surface area contributed by atoms with Crippen molar-refractivity contribution < 1.29 is 4.39 Å². The molecule has 0 bridgehead atoms. The maximum atomic E-state index is 12.7. The molecule has 0 saturated heterocycles. The zero-order valence-corrected chi connectivity index (χ0v) is 8.18. The lowest BCUT2D eigenvalue weighted by Crippen LogP contribution is -2.33. The Labute approximate surface area is 78.8 Å². The minimum absolute atomic E-state index is 0.340. The van der Waals surface area contributed by atoms with E-state index in [1.165, 1.54) is 5.56 Å². The molecule has 0 spiro atoms. The summed E-state index contributed by atoms with van der Waals surface area (Å²) in [6.07, 6.45) is 0. The van der Waals surface area contributed by atoms with Crippen LogP contribution < -0.4 is 5.73 Å². The van der Waals surface area contributed by atoms with E-state index in [9.17, 15) is 4.39 Å². The fraction of sp³-hybridized carbons (Fsp3) is 0.455. The summed E-state index contributed by atoms with van der Waals surface area (Å²) in [6.45, 7) is 3.79. The van der Waals surface area contributed by atoms with Crippen LogP contribution in [0.25, 0.3) is 0 Å². The average Bonchev–Trinajstić information content (AvgIpc) is 2.18. The predicted molar refractivity (Wildman–Crippen MR) is 53.6 cm³/mol. The van der Waals surface area contributed by atoms with Crippen molar-refractivity contribution in [3.05, 3.63) is 35.4 Å². The molecule has 0 aliphatic heterocycles. The van der Waals surface area contributed by atoms with E-state index in [0.717, 1.165) is 5.56 Å². The van der Waals surface area contributed by atoms with E-state index >= 15 is 0 Å². The first-order valence-corrected chi connectivity index (χ1v) is 4.45. The normalized spacial score (nSPS) is 15.4. The summed E-state index contributed by atoms with van der Waals surface area (Å²) in [5, 5.41) is 0. The van der Waals surface area contributed by atoms with Gasteiger partial charge < -0.3 is 5.73 Å². The van der Waals surface area contributed by atoms with E-state index in [-0.39, 0.29) is 0 Å². The van der Waals surface area contributed by atoms with Gasteiger partial charge in [0.2, 0.25) is 0 Å². The highest BCUT2D eigenvalue weighted by Gasteiger charge is 2.24. The molecule has 1 atom stereocenters. The molecule has 0 radical (unpaired) electrons. The quantitative estimate of drug-likeness (QED) is 0.760. The molecule has 0 heterocycles. The molecule has 0 fully saturated rings. The Bertz CT molecular complexity index is 262. The van der Waals surface area contributed by atoms with Gasteiger partial charge in [-0.1, -0.05) is 36.8 Å². The van der Waals surface area contributed by atoms with Gasteiger partial charge in [-0.25, -0.2) is 0 Å². The SMILES string of the molecule is Cc1ccc(C(C)(CN)CF)cc1. The van der Waals surface area contributed by atoms with Crippen LogP contribution in [-0.4, -0.2) is 13.2 Å². The fourth-order valence-corrected chi connectivity index (χ4v) is 1.21. The molecule has 2 heteroatoms. The highest BCUT2D eigenvalue weighted by Crippen LogP contribution is 2.23. The summed E-state index contributed by atoms with van der Waals surface area (Å²) in [5.74, 6) is 0. The van der Waals surface area contributed by atoms with Gasteiger partial charge in [-0.2, -0.15) is 0 Å². The number of aryl methyl sites for hydroxylation is 1. The van der Waals surface area contributed by atoms with Gasteiger partial charge in [-0.3, -0.25) is 4.39 Å². The minimum Gasteiger partial charge on any atom is -0.329 e. The van der Waals surface area contributed by atoms with Crippen LogP contribution in [0, 0.1) is 6.92 Å². The van der Waals surface area contributed by atoms with Gasteiger partial charge in [0.25, 0.3) is 0 Å². The summed E-state index contributed by atoms with van der Waals surface area (Å²) >= 11 is 0. The standard InChI is InChI=1S/C11H16FN/c1-9-3-5-10(6-4-9)11(2,7-12)8-13/h3-6H,7-8,13H2,1-2H3. The Morgan fingerprint density at radius 2 is 1.85 bits per heavy atom. The predicted octanol–water partition coefficient (Wildman–Crippen LogP) is 2.18. The zero-order valence-electron chi connectivity index (χ0n) is 8.18. The number of hydrogen-bond acceptors (Lipinski definition) is 1. The van der Waals surface area contributed by atoms with Crippen molar-refractivity contribution in [1.82, 2.24) is 0 Å². The molecule has 72 valence electrons. The van der Waals surface area contributed by atoms with Crippen LogP contribution in [0.1, 0.15) is 18.1 Å². The van der Waals surface area contributed by atoms with E-state index in [4.69, 9.17) is 5.73 Å². The van der Waals surface area contributed by atoms with Crippen molar-refractivity contribution in [3.63, 3.8) is 0 Å². The van der Waals surface area contributed by atoms with Gasteiger partial charge in [0, 0.05) is 12.0 Å². The lowest BCUT2D eigenvalue weighted by Gasteiger charge is -2.24. The molecular formula is C11H16FN. The first-order chi connectivity index (χ1) is 6.12. The first-order valence-electron chi connectivity index (χ1n) is 4.45. The second kappa shape index (κ2) is 3.88. The third-order valence-corrected chi connectivity index (χ3v) is 2.49. The molecule has 2 N–H and O–H groups in total. The Hall–Kier alpha value is -0.890. The third kappa shape index (κ3) is 2.07. The lowest BCUT2D eigenvalue weighted by molar-refractivity contribution is 0.334. The van der Waals surface area contributed by atoms with Crippen LogP contribution in [0.5, 0.6) is 0 Å². The molecule has 0 amide bonds. The Balaban J connectivity index is 2.99. The molecular weight excluding hydrogens is 165 g/mol. The topological polar surface area (TPSA) is 26.0 Å². The number of nitrogens with two attached hydrogens (primary N) is 1. The van der Waals surface area contributed by atoms with Crippen LogP contribution in [0.4, 0.5) is 4.39 Å². The Morgan fingerprint density at radius 3 is 2.23 bits per heavy atom. The molecule has 0 aliphatic carbocycles. The monoisotopic (exact) mass is 181 g/mol. The van der Waals surface area contributed by atoms with Gasteiger partial charge in [-0.15, -0.1) is 0 Å². The summed E-state index contributed by atoms with van der Waals surface area (Å²) < 4.78 is 12.7. The van der Waals surface area contributed by atoms with Crippen LogP contribution in [0.3, 0.4) is 0 Å². The summed E-state index contributed by atoms with van der Waals surface area (Å²) in [7, 11) is 0.